The molecule has 212 valence electrons. The van der Waals surface area contributed by atoms with Gasteiger partial charge in [0.25, 0.3) is 11.8 Å². The number of rotatable bonds is 4. The van der Waals surface area contributed by atoms with Crippen molar-refractivity contribution < 1.29 is 23.8 Å². The van der Waals surface area contributed by atoms with Crippen LogP contribution in [0.2, 0.25) is 0 Å². The lowest BCUT2D eigenvalue weighted by Gasteiger charge is -2.47. The molecule has 0 saturated carbocycles. The van der Waals surface area contributed by atoms with Crippen molar-refractivity contribution in [3.8, 4) is 11.3 Å². The van der Waals surface area contributed by atoms with Gasteiger partial charge < -0.3 is 24.5 Å². The number of carbonyl (C=O) groups excluding carboxylic acids is 2. The van der Waals surface area contributed by atoms with Crippen molar-refractivity contribution in [1.29, 1.82) is 0 Å². The molecule has 0 bridgehead atoms. The quantitative estimate of drug-likeness (QED) is 0.533. The van der Waals surface area contributed by atoms with Crippen molar-refractivity contribution in [1.82, 2.24) is 24.4 Å². The summed E-state index contributed by atoms with van der Waals surface area (Å²) in [7, 11) is 0. The highest BCUT2D eigenvalue weighted by Gasteiger charge is 2.42. The van der Waals surface area contributed by atoms with E-state index in [0.717, 1.165) is 11.3 Å². The van der Waals surface area contributed by atoms with Gasteiger partial charge >= 0.3 is 0 Å². The number of amides is 2. The number of aromatic nitrogens is 3. The number of benzene rings is 1. The normalized spacial score (nSPS) is 19.6. The van der Waals surface area contributed by atoms with Crippen LogP contribution in [0.3, 0.4) is 0 Å². The molecular weight excluding hydrogens is 515 g/mol. The maximum atomic E-state index is 13.8. The summed E-state index contributed by atoms with van der Waals surface area (Å²) >= 11 is 0. The molecule has 0 radical (unpaired) electrons. The van der Waals surface area contributed by atoms with Gasteiger partial charge in [0.1, 0.15) is 29.0 Å². The van der Waals surface area contributed by atoms with Gasteiger partial charge in [0.2, 0.25) is 0 Å². The number of fused-ring (bicyclic) bond motifs is 1. The molecular formula is C29H35FN6O4. The summed E-state index contributed by atoms with van der Waals surface area (Å²) in [5, 5.41) is 14.9. The van der Waals surface area contributed by atoms with E-state index in [1.807, 2.05) is 26.8 Å². The second-order valence-electron chi connectivity index (χ2n) is 11.7. The molecule has 1 aromatic carbocycles. The zero-order chi connectivity index (χ0) is 29.0. The molecule has 2 saturated heterocycles. The van der Waals surface area contributed by atoms with E-state index in [0.29, 0.717) is 43.3 Å². The first-order valence-corrected chi connectivity index (χ1v) is 13.3. The van der Waals surface area contributed by atoms with Crippen LogP contribution >= 0.6 is 0 Å². The predicted molar refractivity (Wildman–Crippen MR) is 148 cm³/mol. The molecule has 40 heavy (non-hydrogen) atoms. The molecule has 2 aliphatic heterocycles. The summed E-state index contributed by atoms with van der Waals surface area (Å²) in [6.45, 7) is 14.6. The van der Waals surface area contributed by atoms with Crippen LogP contribution in [-0.4, -0.2) is 91.3 Å². The summed E-state index contributed by atoms with van der Waals surface area (Å²) in [6, 6.07) is 7.97. The molecule has 1 N–H and O–H groups in total. The van der Waals surface area contributed by atoms with Crippen molar-refractivity contribution in [3.63, 3.8) is 0 Å². The molecule has 0 aliphatic carbocycles. The molecule has 0 unspecified atom stereocenters. The SMILES string of the molecule is C=C1CN(c2cc(-c3ccc(F)cc3)nn3cc(C(=O)N4CCN(C(=O)C(C)(C)O)CC4(C)C)nc23)C[C@@H](C)O1. The predicted octanol–water partition coefficient (Wildman–Crippen LogP) is 3.11. The molecule has 5 rings (SSSR count). The first kappa shape index (κ1) is 27.6. The average molecular weight is 551 g/mol. The van der Waals surface area contributed by atoms with Crippen LogP contribution in [0.15, 0.2) is 48.9 Å². The highest BCUT2D eigenvalue weighted by molar-refractivity contribution is 5.94. The van der Waals surface area contributed by atoms with E-state index < -0.39 is 11.1 Å². The number of morpholine rings is 1. The summed E-state index contributed by atoms with van der Waals surface area (Å²) in [5.41, 5.74) is 0.618. The number of ether oxygens (including phenoxy) is 1. The number of nitrogens with zero attached hydrogens (tertiary/aromatic N) is 6. The van der Waals surface area contributed by atoms with Crippen molar-refractivity contribution in [3.05, 3.63) is 60.4 Å². The van der Waals surface area contributed by atoms with Gasteiger partial charge in [-0.3, -0.25) is 9.59 Å². The van der Waals surface area contributed by atoms with Gasteiger partial charge in [0, 0.05) is 25.2 Å². The van der Waals surface area contributed by atoms with Gasteiger partial charge in [-0.15, -0.1) is 0 Å². The van der Waals surface area contributed by atoms with E-state index in [2.05, 4.69) is 11.5 Å². The second kappa shape index (κ2) is 9.88. The van der Waals surface area contributed by atoms with Crippen LogP contribution in [0.5, 0.6) is 0 Å². The molecule has 0 spiro atoms. The second-order valence-corrected chi connectivity index (χ2v) is 11.7. The molecule has 2 aliphatic rings. The Balaban J connectivity index is 1.52. The smallest absolute Gasteiger partial charge is 0.274 e. The Kier molecular flexibility index (Phi) is 6.81. The van der Waals surface area contributed by atoms with E-state index in [1.54, 1.807) is 32.6 Å². The Hall–Kier alpha value is -3.99. The highest BCUT2D eigenvalue weighted by atomic mass is 19.1. The molecule has 10 nitrogen and oxygen atoms in total. The van der Waals surface area contributed by atoms with E-state index in [9.17, 15) is 19.1 Å². The maximum Gasteiger partial charge on any atom is 0.274 e. The molecule has 4 heterocycles. The van der Waals surface area contributed by atoms with Crippen molar-refractivity contribution in [2.45, 2.75) is 51.9 Å². The number of imidazole rings is 1. The molecule has 11 heteroatoms. The van der Waals surface area contributed by atoms with Gasteiger partial charge in [-0.1, -0.05) is 6.58 Å². The monoisotopic (exact) mass is 550 g/mol. The third-order valence-corrected chi connectivity index (χ3v) is 7.28. The number of halogens is 1. The topological polar surface area (TPSA) is 104 Å². The van der Waals surface area contributed by atoms with Crippen molar-refractivity contribution in [2.75, 3.05) is 37.6 Å². The van der Waals surface area contributed by atoms with E-state index in [-0.39, 0.29) is 36.0 Å². The Labute approximate surface area is 232 Å². The third kappa shape index (κ3) is 5.25. The fourth-order valence-corrected chi connectivity index (χ4v) is 5.42. The molecule has 2 fully saturated rings. The van der Waals surface area contributed by atoms with Crippen LogP contribution in [0, 0.1) is 5.82 Å². The Bertz CT molecular complexity index is 1480. The zero-order valence-electron chi connectivity index (χ0n) is 23.5. The number of anilines is 1. The standard InChI is InChI=1S/C29H35FN6O4/c1-18-14-34(15-19(2)40-18)24-13-22(20-7-9-21(30)10-8-20)32-36-16-23(31-25(24)36)26(37)35-12-11-33(17-28(35,3)4)27(38)29(5,6)39/h7-10,13,16,19,39H,1,11-12,14-15,17H2,2-6H3/t19-/m1/s1. The first-order chi connectivity index (χ1) is 18.7. The summed E-state index contributed by atoms with van der Waals surface area (Å²) in [6.07, 6.45) is 1.51. The number of hydrogen-bond acceptors (Lipinski definition) is 7. The number of piperazine rings is 1. The van der Waals surface area contributed by atoms with E-state index in [4.69, 9.17) is 14.8 Å². The van der Waals surface area contributed by atoms with Crippen molar-refractivity contribution in [2.24, 2.45) is 0 Å². The van der Waals surface area contributed by atoms with Gasteiger partial charge in [0.05, 0.1) is 36.2 Å². The number of hydrogen-bond donors (Lipinski definition) is 1. The van der Waals surface area contributed by atoms with Crippen LogP contribution < -0.4 is 4.90 Å². The minimum absolute atomic E-state index is 0.0940. The van der Waals surface area contributed by atoms with E-state index in [1.165, 1.54) is 26.0 Å². The highest BCUT2D eigenvalue weighted by Crippen LogP contribution is 2.31. The van der Waals surface area contributed by atoms with Gasteiger partial charge in [-0.05, 0) is 65.0 Å². The minimum Gasteiger partial charge on any atom is -0.492 e. The fraction of sp³-hybridized carbons (Fsp3) is 0.448. The summed E-state index contributed by atoms with van der Waals surface area (Å²) in [5.74, 6) is -0.366. The Morgan fingerprint density at radius 1 is 1.20 bits per heavy atom. The lowest BCUT2D eigenvalue weighted by molar-refractivity contribution is -0.152. The average Bonchev–Trinajstić information content (AvgIpc) is 3.30. The Morgan fingerprint density at radius 2 is 1.90 bits per heavy atom. The van der Waals surface area contributed by atoms with Gasteiger partial charge in [-0.2, -0.15) is 5.10 Å². The minimum atomic E-state index is -1.49. The first-order valence-electron chi connectivity index (χ1n) is 13.3. The molecule has 2 aromatic heterocycles. The van der Waals surface area contributed by atoms with Crippen LogP contribution in [0.4, 0.5) is 10.1 Å². The zero-order valence-corrected chi connectivity index (χ0v) is 23.5. The van der Waals surface area contributed by atoms with Crippen molar-refractivity contribution >= 4 is 23.1 Å². The largest absolute Gasteiger partial charge is 0.492 e. The summed E-state index contributed by atoms with van der Waals surface area (Å²) in [4.78, 5) is 36.6. The fourth-order valence-electron chi connectivity index (χ4n) is 5.42. The van der Waals surface area contributed by atoms with E-state index >= 15 is 0 Å². The molecule has 3 aromatic rings. The van der Waals surface area contributed by atoms with Crippen LogP contribution in [0.25, 0.3) is 16.9 Å². The van der Waals surface area contributed by atoms with Crippen LogP contribution in [-0.2, 0) is 9.53 Å². The third-order valence-electron chi connectivity index (χ3n) is 7.28. The van der Waals surface area contributed by atoms with Crippen LogP contribution in [0.1, 0.15) is 45.1 Å². The number of carbonyl (C=O) groups is 2. The Morgan fingerprint density at radius 3 is 2.52 bits per heavy atom. The van der Waals surface area contributed by atoms with Gasteiger partial charge in [-0.25, -0.2) is 13.9 Å². The molecule has 2 amide bonds. The maximum absolute atomic E-state index is 13.8. The molecule has 1 atom stereocenters. The lowest BCUT2D eigenvalue weighted by atomic mass is 9.96. The summed E-state index contributed by atoms with van der Waals surface area (Å²) < 4.78 is 21.0. The van der Waals surface area contributed by atoms with Gasteiger partial charge in [0.15, 0.2) is 5.65 Å². The lowest BCUT2D eigenvalue weighted by Crippen LogP contribution is -2.64. The number of aliphatic hydroxyl groups is 1.